The van der Waals surface area contributed by atoms with Gasteiger partial charge in [-0.3, -0.25) is 4.79 Å². The highest BCUT2D eigenvalue weighted by Crippen LogP contribution is 2.48. The number of esters is 1. The Labute approximate surface area is 165 Å². The monoisotopic (exact) mass is 396 g/mol. The second-order valence-electron chi connectivity index (χ2n) is 5.75. The van der Waals surface area contributed by atoms with Crippen LogP contribution in [0.2, 0.25) is 0 Å². The molecule has 1 aliphatic rings. The number of carbonyl (C=O) groups excluding carboxylic acids is 2. The van der Waals surface area contributed by atoms with Crippen LogP contribution in [0.4, 0.5) is 0 Å². The average Bonchev–Trinajstić information content (AvgIpc) is 3.13. The number of fused-ring (bicyclic) bond motifs is 2. The molecule has 27 heavy (non-hydrogen) atoms. The van der Waals surface area contributed by atoms with Crippen molar-refractivity contribution in [3.8, 4) is 6.07 Å². The number of ether oxygens (including phenoxy) is 1. The third-order valence-electron chi connectivity index (χ3n) is 3.82. The van der Waals surface area contributed by atoms with Gasteiger partial charge in [0.15, 0.2) is 0 Å². The van der Waals surface area contributed by atoms with E-state index in [-0.39, 0.29) is 18.7 Å². The Hall–Kier alpha value is -2.82. The number of nitriles is 1. The van der Waals surface area contributed by atoms with Crippen molar-refractivity contribution in [3.05, 3.63) is 64.6 Å². The summed E-state index contributed by atoms with van der Waals surface area (Å²) in [5.41, 5.74) is 2.74. The van der Waals surface area contributed by atoms with Gasteiger partial charge in [-0.2, -0.15) is 5.26 Å². The van der Waals surface area contributed by atoms with Gasteiger partial charge in [0.25, 0.3) is 5.91 Å². The summed E-state index contributed by atoms with van der Waals surface area (Å²) in [6, 6.07) is 11.7. The van der Waals surface area contributed by atoms with E-state index in [2.05, 4.69) is 18.0 Å². The maximum Gasteiger partial charge on any atom is 0.333 e. The zero-order valence-electron chi connectivity index (χ0n) is 14.6. The van der Waals surface area contributed by atoms with Gasteiger partial charge < -0.3 is 10.1 Å². The number of hydrogen-bond donors (Lipinski definition) is 1. The van der Waals surface area contributed by atoms with E-state index in [1.807, 2.05) is 35.7 Å². The Kier molecular flexibility index (Phi) is 5.79. The van der Waals surface area contributed by atoms with E-state index in [0.717, 1.165) is 20.2 Å². The highest BCUT2D eigenvalue weighted by molar-refractivity contribution is 8.01. The van der Waals surface area contributed by atoms with Crippen molar-refractivity contribution >= 4 is 40.5 Å². The molecule has 1 aromatic heterocycles. The molecule has 0 saturated carbocycles. The van der Waals surface area contributed by atoms with Gasteiger partial charge >= 0.3 is 5.97 Å². The van der Waals surface area contributed by atoms with E-state index < -0.39 is 11.9 Å². The summed E-state index contributed by atoms with van der Waals surface area (Å²) in [5, 5.41) is 14.3. The lowest BCUT2D eigenvalue weighted by Gasteiger charge is -2.20. The predicted molar refractivity (Wildman–Crippen MR) is 105 cm³/mol. The Bertz CT molecular complexity index is 999. The lowest BCUT2D eigenvalue weighted by atomic mass is 9.94. The smallest absolute Gasteiger partial charge is 0.333 e. The van der Waals surface area contributed by atoms with Crippen LogP contribution >= 0.6 is 23.1 Å². The van der Waals surface area contributed by atoms with Crippen molar-refractivity contribution in [2.45, 2.75) is 16.0 Å². The minimum atomic E-state index is -0.510. The van der Waals surface area contributed by atoms with Gasteiger partial charge in [0, 0.05) is 21.6 Å². The van der Waals surface area contributed by atoms with Crippen LogP contribution in [0.5, 0.6) is 0 Å². The first-order chi connectivity index (χ1) is 13.0. The third-order valence-corrected chi connectivity index (χ3v) is 6.04. The van der Waals surface area contributed by atoms with Gasteiger partial charge in [-0.25, -0.2) is 4.79 Å². The Morgan fingerprint density at radius 3 is 2.78 bits per heavy atom. The lowest BCUT2D eigenvalue weighted by molar-refractivity contribution is -0.139. The van der Waals surface area contributed by atoms with Crippen LogP contribution < -0.4 is 5.32 Å². The molecular weight excluding hydrogens is 380 g/mol. The first-order valence-electron chi connectivity index (χ1n) is 8.13. The van der Waals surface area contributed by atoms with Gasteiger partial charge in [-0.05, 0) is 30.0 Å². The predicted octanol–water partition coefficient (Wildman–Crippen LogP) is 3.77. The normalized spacial score (nSPS) is 13.6. The highest BCUT2D eigenvalue weighted by Gasteiger charge is 2.27. The average molecular weight is 396 g/mol. The summed E-state index contributed by atoms with van der Waals surface area (Å²) >= 11 is 3.22. The molecule has 0 atom stereocenters. The molecule has 1 N–H and O–H groups in total. The molecule has 2 aromatic rings. The lowest BCUT2D eigenvalue weighted by Crippen LogP contribution is -2.29. The Morgan fingerprint density at radius 1 is 1.26 bits per heavy atom. The zero-order chi connectivity index (χ0) is 19.4. The van der Waals surface area contributed by atoms with E-state index in [9.17, 15) is 14.9 Å². The molecule has 0 unspecified atom stereocenters. The van der Waals surface area contributed by atoms with E-state index in [0.29, 0.717) is 11.1 Å². The summed E-state index contributed by atoms with van der Waals surface area (Å²) in [6.45, 7) is 5.18. The molecular formula is C20H16N2O3S2. The molecule has 7 heteroatoms. The molecule has 2 heterocycles. The van der Waals surface area contributed by atoms with Gasteiger partial charge in [0.1, 0.15) is 18.2 Å². The molecule has 5 nitrogen and oxygen atoms in total. The van der Waals surface area contributed by atoms with Crippen LogP contribution in [0.25, 0.3) is 5.57 Å². The fraction of sp³-hybridized carbons (Fsp3) is 0.150. The van der Waals surface area contributed by atoms with Crippen molar-refractivity contribution < 1.29 is 14.3 Å². The van der Waals surface area contributed by atoms with Crippen LogP contribution in [-0.2, 0) is 14.3 Å². The minimum Gasteiger partial charge on any atom is -0.460 e. The van der Waals surface area contributed by atoms with Crippen molar-refractivity contribution in [2.75, 3.05) is 13.2 Å². The standard InChI is InChI=1S/C20H16N2O3S2/c1-12(2)19(24)25-9-8-22-18(23)15(11-21)17-13-5-3-4-6-16(13)27-20-14(17)7-10-26-20/h3-7,10H,1,8-9H2,2H3,(H,22,23)/b17-15+. The van der Waals surface area contributed by atoms with E-state index in [1.54, 1.807) is 30.0 Å². The molecule has 0 fully saturated rings. The molecule has 136 valence electrons. The second kappa shape index (κ2) is 8.25. The Balaban J connectivity index is 1.86. The number of thiophene rings is 1. The number of amides is 1. The molecule has 3 rings (SSSR count). The third kappa shape index (κ3) is 3.97. The van der Waals surface area contributed by atoms with Crippen molar-refractivity contribution in [1.29, 1.82) is 5.26 Å². The first-order valence-corrected chi connectivity index (χ1v) is 9.83. The topological polar surface area (TPSA) is 79.2 Å². The van der Waals surface area contributed by atoms with Crippen LogP contribution in [-0.4, -0.2) is 25.0 Å². The number of hydrogen-bond acceptors (Lipinski definition) is 6. The van der Waals surface area contributed by atoms with E-state index in [4.69, 9.17) is 4.74 Å². The summed E-state index contributed by atoms with van der Waals surface area (Å²) in [7, 11) is 0. The SMILES string of the molecule is C=C(C)C(=O)OCCNC(=O)/C(C#N)=C1\c2ccccc2Sc2sccc21. The fourth-order valence-electron chi connectivity index (χ4n) is 2.58. The Morgan fingerprint density at radius 2 is 2.04 bits per heavy atom. The zero-order valence-corrected chi connectivity index (χ0v) is 16.2. The van der Waals surface area contributed by atoms with Gasteiger partial charge in [-0.15, -0.1) is 11.3 Å². The van der Waals surface area contributed by atoms with Crippen LogP contribution in [0.15, 0.2) is 62.5 Å². The van der Waals surface area contributed by atoms with Gasteiger partial charge in [-0.1, -0.05) is 36.5 Å². The largest absolute Gasteiger partial charge is 0.460 e. The molecule has 0 radical (unpaired) electrons. The van der Waals surface area contributed by atoms with E-state index in [1.165, 1.54) is 0 Å². The van der Waals surface area contributed by atoms with Crippen molar-refractivity contribution in [3.63, 3.8) is 0 Å². The molecule has 0 spiro atoms. The first kappa shape index (κ1) is 19.0. The quantitative estimate of drug-likeness (QED) is 0.307. The summed E-state index contributed by atoms with van der Waals surface area (Å²) < 4.78 is 6.01. The van der Waals surface area contributed by atoms with Crippen LogP contribution in [0.3, 0.4) is 0 Å². The number of benzene rings is 1. The van der Waals surface area contributed by atoms with Crippen LogP contribution in [0, 0.1) is 11.3 Å². The molecule has 1 aromatic carbocycles. The molecule has 0 bridgehead atoms. The molecule has 0 aliphatic carbocycles. The number of nitrogens with zero attached hydrogens (tertiary/aromatic N) is 1. The summed E-state index contributed by atoms with van der Waals surface area (Å²) in [5.74, 6) is -0.998. The van der Waals surface area contributed by atoms with Crippen molar-refractivity contribution in [2.24, 2.45) is 0 Å². The van der Waals surface area contributed by atoms with Gasteiger partial charge in [0.05, 0.1) is 10.8 Å². The second-order valence-corrected chi connectivity index (χ2v) is 7.98. The maximum absolute atomic E-state index is 12.6. The molecule has 0 saturated heterocycles. The number of rotatable bonds is 5. The summed E-state index contributed by atoms with van der Waals surface area (Å²) in [6.07, 6.45) is 0. The minimum absolute atomic E-state index is 0.0155. The van der Waals surface area contributed by atoms with E-state index >= 15 is 0 Å². The fourth-order valence-corrected chi connectivity index (χ4v) is 4.74. The molecule has 1 amide bonds. The number of carbonyl (C=O) groups is 2. The molecule has 1 aliphatic heterocycles. The number of nitrogens with one attached hydrogen (secondary N) is 1. The highest BCUT2D eigenvalue weighted by atomic mass is 32.2. The van der Waals surface area contributed by atoms with Crippen LogP contribution in [0.1, 0.15) is 18.1 Å². The van der Waals surface area contributed by atoms with Crippen molar-refractivity contribution in [1.82, 2.24) is 5.32 Å². The maximum atomic E-state index is 12.6. The summed E-state index contributed by atoms with van der Waals surface area (Å²) in [4.78, 5) is 25.0. The van der Waals surface area contributed by atoms with Gasteiger partial charge in [0.2, 0.25) is 0 Å².